The lowest BCUT2D eigenvalue weighted by atomic mass is 10.1. The molecular weight excluding hydrogens is 345 g/mol. The quantitative estimate of drug-likeness (QED) is 0.825. The number of carbonyl (C=O) groups excluding carboxylic acids is 1. The Balaban J connectivity index is 2.00. The number of hydrogen-bond acceptors (Lipinski definition) is 2. The third-order valence-corrected chi connectivity index (χ3v) is 4.26. The molecule has 2 aromatic rings. The molecule has 2 N–H and O–H groups in total. The number of amides is 1. The molecular formula is C19H22F3N2O2+. The van der Waals surface area contributed by atoms with Crippen LogP contribution in [0.4, 0.5) is 18.9 Å². The van der Waals surface area contributed by atoms with Gasteiger partial charge in [0.2, 0.25) is 0 Å². The van der Waals surface area contributed by atoms with Gasteiger partial charge in [-0.15, -0.1) is 0 Å². The van der Waals surface area contributed by atoms with E-state index in [9.17, 15) is 18.0 Å². The molecule has 0 spiro atoms. The summed E-state index contributed by atoms with van der Waals surface area (Å²) in [5.41, 5.74) is 0.627. The van der Waals surface area contributed by atoms with Gasteiger partial charge in [-0.25, -0.2) is 0 Å². The number of nitrogens with one attached hydrogen (secondary N) is 2. The summed E-state index contributed by atoms with van der Waals surface area (Å²) in [4.78, 5) is 13.3. The Morgan fingerprint density at radius 3 is 2.35 bits per heavy atom. The molecule has 0 bridgehead atoms. The highest BCUT2D eigenvalue weighted by Gasteiger charge is 2.30. The summed E-state index contributed by atoms with van der Waals surface area (Å²) in [5, 5.41) is 2.82. The maximum Gasteiger partial charge on any atom is 0.416 e. The van der Waals surface area contributed by atoms with E-state index in [1.165, 1.54) is 19.2 Å². The summed E-state index contributed by atoms with van der Waals surface area (Å²) < 4.78 is 43.1. The number of quaternary nitrogens is 1. The number of para-hydroxylation sites is 2. The van der Waals surface area contributed by atoms with Crippen LogP contribution in [0.5, 0.6) is 5.75 Å². The van der Waals surface area contributed by atoms with Crippen molar-refractivity contribution in [1.82, 2.24) is 0 Å². The number of rotatable bonds is 6. The van der Waals surface area contributed by atoms with Crippen LogP contribution in [0.15, 0.2) is 48.5 Å². The van der Waals surface area contributed by atoms with Crippen LogP contribution in [-0.2, 0) is 17.5 Å². The van der Waals surface area contributed by atoms with Crippen LogP contribution in [0.3, 0.4) is 0 Å². The number of hydrogen-bond donors (Lipinski definition) is 2. The van der Waals surface area contributed by atoms with Crippen LogP contribution in [0.2, 0.25) is 0 Å². The number of carbonyl (C=O) groups is 1. The van der Waals surface area contributed by atoms with Crippen molar-refractivity contribution in [1.29, 1.82) is 0 Å². The van der Waals surface area contributed by atoms with Gasteiger partial charge in [-0.2, -0.15) is 13.2 Å². The maximum atomic E-state index is 12.6. The van der Waals surface area contributed by atoms with E-state index >= 15 is 0 Å². The molecule has 2 rings (SSSR count). The molecule has 0 radical (unpaired) electrons. The summed E-state index contributed by atoms with van der Waals surface area (Å²) >= 11 is 0. The molecule has 0 heterocycles. The lowest BCUT2D eigenvalue weighted by molar-refractivity contribution is -0.907. The number of anilines is 1. The van der Waals surface area contributed by atoms with Gasteiger partial charge in [0.1, 0.15) is 12.3 Å². The van der Waals surface area contributed by atoms with Crippen LogP contribution in [-0.4, -0.2) is 26.1 Å². The van der Waals surface area contributed by atoms with E-state index in [1.807, 2.05) is 7.05 Å². The van der Waals surface area contributed by atoms with Gasteiger partial charge in [-0.05, 0) is 31.2 Å². The molecule has 7 heteroatoms. The average molecular weight is 367 g/mol. The van der Waals surface area contributed by atoms with Gasteiger partial charge < -0.3 is 15.0 Å². The Labute approximate surface area is 150 Å². The molecule has 2 aromatic carbocycles. The highest BCUT2D eigenvalue weighted by atomic mass is 19.4. The SMILES string of the molecule is COc1ccccc1NC(=O)[C@H](C)[NH+](C)Cc1ccc(C(F)(F)F)cc1. The van der Waals surface area contributed by atoms with Crippen molar-refractivity contribution in [3.8, 4) is 5.75 Å². The van der Waals surface area contributed by atoms with Gasteiger partial charge in [0.25, 0.3) is 5.91 Å². The molecule has 0 aliphatic rings. The Morgan fingerprint density at radius 1 is 1.15 bits per heavy atom. The largest absolute Gasteiger partial charge is 0.495 e. The molecule has 0 saturated heterocycles. The molecule has 4 nitrogen and oxygen atoms in total. The van der Waals surface area contributed by atoms with E-state index in [4.69, 9.17) is 4.74 Å². The molecule has 1 unspecified atom stereocenters. The smallest absolute Gasteiger partial charge is 0.416 e. The Hall–Kier alpha value is -2.54. The van der Waals surface area contributed by atoms with Crippen LogP contribution < -0.4 is 15.0 Å². The zero-order valence-electron chi connectivity index (χ0n) is 14.9. The molecule has 26 heavy (non-hydrogen) atoms. The van der Waals surface area contributed by atoms with Crippen molar-refractivity contribution in [2.45, 2.75) is 25.7 Å². The number of methoxy groups -OCH3 is 1. The van der Waals surface area contributed by atoms with E-state index in [2.05, 4.69) is 5.32 Å². The minimum absolute atomic E-state index is 0.195. The normalized spacial score (nSPS) is 13.8. The fraction of sp³-hybridized carbons (Fsp3) is 0.316. The second-order valence-electron chi connectivity index (χ2n) is 6.13. The van der Waals surface area contributed by atoms with Crippen LogP contribution in [0, 0.1) is 0 Å². The second kappa shape index (κ2) is 8.23. The van der Waals surface area contributed by atoms with Gasteiger partial charge >= 0.3 is 6.18 Å². The fourth-order valence-corrected chi connectivity index (χ4v) is 2.50. The first-order chi connectivity index (χ1) is 12.2. The van der Waals surface area contributed by atoms with E-state index in [0.717, 1.165) is 22.6 Å². The van der Waals surface area contributed by atoms with Crippen molar-refractivity contribution in [2.24, 2.45) is 0 Å². The topological polar surface area (TPSA) is 42.8 Å². The first-order valence-corrected chi connectivity index (χ1v) is 8.14. The lowest BCUT2D eigenvalue weighted by Gasteiger charge is -2.22. The third-order valence-electron chi connectivity index (χ3n) is 4.26. The minimum atomic E-state index is -4.35. The van der Waals surface area contributed by atoms with Gasteiger partial charge in [0, 0.05) is 5.56 Å². The number of benzene rings is 2. The minimum Gasteiger partial charge on any atom is -0.495 e. The van der Waals surface area contributed by atoms with E-state index in [0.29, 0.717) is 18.0 Å². The van der Waals surface area contributed by atoms with Crippen LogP contribution >= 0.6 is 0 Å². The fourth-order valence-electron chi connectivity index (χ4n) is 2.50. The predicted molar refractivity (Wildman–Crippen MR) is 93.1 cm³/mol. The first-order valence-electron chi connectivity index (χ1n) is 8.14. The Bertz CT molecular complexity index is 745. The predicted octanol–water partition coefficient (Wildman–Crippen LogP) is 2.76. The molecule has 0 aromatic heterocycles. The molecule has 140 valence electrons. The van der Waals surface area contributed by atoms with Gasteiger partial charge in [0.05, 0.1) is 25.4 Å². The molecule has 2 atom stereocenters. The molecule has 0 aliphatic heterocycles. The number of halogens is 3. The lowest BCUT2D eigenvalue weighted by Crippen LogP contribution is -3.12. The van der Waals surface area contributed by atoms with Crippen LogP contribution in [0.1, 0.15) is 18.1 Å². The number of likely N-dealkylation sites (N-methyl/N-ethyl adjacent to an activating group) is 1. The van der Waals surface area contributed by atoms with E-state index < -0.39 is 17.8 Å². The van der Waals surface area contributed by atoms with Crippen molar-refractivity contribution >= 4 is 11.6 Å². The Kier molecular flexibility index (Phi) is 6.26. The van der Waals surface area contributed by atoms with Crippen molar-refractivity contribution in [3.63, 3.8) is 0 Å². The zero-order chi connectivity index (χ0) is 19.3. The molecule has 0 saturated carbocycles. The summed E-state index contributed by atoms with van der Waals surface area (Å²) in [5.74, 6) is 0.368. The first kappa shape index (κ1) is 19.8. The maximum absolute atomic E-state index is 12.6. The number of ether oxygens (including phenoxy) is 1. The van der Waals surface area contributed by atoms with E-state index in [1.54, 1.807) is 31.2 Å². The summed E-state index contributed by atoms with van der Waals surface area (Å²) in [6, 6.07) is 11.7. The molecule has 0 fully saturated rings. The summed E-state index contributed by atoms with van der Waals surface area (Å²) in [6.45, 7) is 2.20. The average Bonchev–Trinajstić information content (AvgIpc) is 2.61. The van der Waals surface area contributed by atoms with Crippen molar-refractivity contribution in [2.75, 3.05) is 19.5 Å². The molecule has 1 amide bonds. The monoisotopic (exact) mass is 367 g/mol. The standard InChI is InChI=1S/C19H21F3N2O2/c1-13(18(25)23-16-6-4-5-7-17(16)26-3)24(2)12-14-8-10-15(11-9-14)19(20,21)22/h4-11,13H,12H2,1-3H3,(H,23,25)/p+1/t13-/m0/s1. The van der Waals surface area contributed by atoms with Crippen LogP contribution in [0.25, 0.3) is 0 Å². The van der Waals surface area contributed by atoms with Gasteiger partial charge in [0.15, 0.2) is 6.04 Å². The molecule has 0 aliphatic carbocycles. The highest BCUT2D eigenvalue weighted by Crippen LogP contribution is 2.29. The summed E-state index contributed by atoms with van der Waals surface area (Å²) in [7, 11) is 3.35. The van der Waals surface area contributed by atoms with Gasteiger partial charge in [-0.3, -0.25) is 4.79 Å². The highest BCUT2D eigenvalue weighted by molar-refractivity contribution is 5.94. The summed E-state index contributed by atoms with van der Waals surface area (Å²) in [6.07, 6.45) is -4.35. The Morgan fingerprint density at radius 2 is 1.77 bits per heavy atom. The van der Waals surface area contributed by atoms with Crippen molar-refractivity contribution in [3.05, 3.63) is 59.7 Å². The number of alkyl halides is 3. The van der Waals surface area contributed by atoms with E-state index in [-0.39, 0.29) is 5.91 Å². The van der Waals surface area contributed by atoms with Crippen molar-refractivity contribution < 1.29 is 27.6 Å². The van der Waals surface area contributed by atoms with Gasteiger partial charge in [-0.1, -0.05) is 24.3 Å². The zero-order valence-corrected chi connectivity index (χ0v) is 14.9. The second-order valence-corrected chi connectivity index (χ2v) is 6.13. The third kappa shape index (κ3) is 4.98.